The van der Waals surface area contributed by atoms with Gasteiger partial charge in [-0.05, 0) is 94.5 Å². The van der Waals surface area contributed by atoms with E-state index in [1.165, 1.54) is 4.90 Å². The molecule has 3 atom stereocenters. The standard InChI is InChI=1S/C48H59FN10O6/c1-48(13-14-48)65-32-5-7-38-35(24-32)45(53-59(38)43-4-2-3-22-64-43)37-25-41(51-30-50-37)57-21-23-63-33(28-57)27-55-19-17-54(18-20-55)26-31-11-15-56(16-12-31)39-8-6-34-36(44(39)49)29-58(47(34)62)40-9-10-42(60)52-46(40)61/h5-8,24-25,30-31,33,40,43H,2-4,9-23,26-29H2,1H3,(H,52,60,61)/t33-,40?,43?/m1/s1. The Morgan fingerprint density at radius 2 is 1.68 bits per heavy atom. The molecule has 6 fully saturated rings. The Hall–Kier alpha value is -5.23. The summed E-state index contributed by atoms with van der Waals surface area (Å²) in [6.45, 7) is 12.4. The lowest BCUT2D eigenvalue weighted by atomic mass is 9.95. The number of nitrogens with zero attached hydrogens (tertiary/aromatic N) is 9. The van der Waals surface area contributed by atoms with Crippen molar-refractivity contribution in [3.63, 3.8) is 0 Å². The number of aromatic nitrogens is 4. The van der Waals surface area contributed by atoms with Crippen LogP contribution in [0.25, 0.3) is 22.3 Å². The lowest BCUT2D eigenvalue weighted by molar-refractivity contribution is -0.136. The zero-order valence-electron chi connectivity index (χ0n) is 37.3. The van der Waals surface area contributed by atoms with Crippen molar-refractivity contribution in [2.24, 2.45) is 5.92 Å². The largest absolute Gasteiger partial charge is 0.488 e. The maximum absolute atomic E-state index is 16.0. The summed E-state index contributed by atoms with van der Waals surface area (Å²) in [5.41, 5.74) is 3.68. The van der Waals surface area contributed by atoms with Crippen LogP contribution in [0.4, 0.5) is 15.9 Å². The van der Waals surface area contributed by atoms with E-state index in [1.807, 2.05) is 4.68 Å². The van der Waals surface area contributed by atoms with Crippen molar-refractivity contribution in [2.45, 2.75) is 95.2 Å². The predicted octanol–water partition coefficient (Wildman–Crippen LogP) is 4.76. The Morgan fingerprint density at radius 1 is 0.862 bits per heavy atom. The number of fused-ring (bicyclic) bond motifs is 2. The van der Waals surface area contributed by atoms with Gasteiger partial charge >= 0.3 is 0 Å². The van der Waals surface area contributed by atoms with Crippen molar-refractivity contribution in [3.05, 3.63) is 59.7 Å². The highest BCUT2D eigenvalue weighted by molar-refractivity contribution is 6.05. The Labute approximate surface area is 378 Å². The van der Waals surface area contributed by atoms with Gasteiger partial charge in [-0.2, -0.15) is 5.10 Å². The number of imide groups is 1. The fourth-order valence-corrected chi connectivity index (χ4v) is 10.8. The summed E-state index contributed by atoms with van der Waals surface area (Å²) in [4.78, 5) is 57.8. The Balaban J connectivity index is 0.674. The molecular formula is C48H59FN10O6. The average Bonchev–Trinajstić information content (AvgIpc) is 3.78. The molecule has 0 bridgehead atoms. The van der Waals surface area contributed by atoms with Crippen LogP contribution in [0, 0.1) is 11.7 Å². The maximum Gasteiger partial charge on any atom is 0.255 e. The number of piperazine rings is 1. The fourth-order valence-electron chi connectivity index (χ4n) is 10.8. The second-order valence-electron chi connectivity index (χ2n) is 19.4. The zero-order valence-corrected chi connectivity index (χ0v) is 37.3. The van der Waals surface area contributed by atoms with Gasteiger partial charge in [-0.1, -0.05) is 0 Å². The average molecular weight is 891 g/mol. The molecule has 5 saturated heterocycles. The Bertz CT molecular complexity index is 2460. The van der Waals surface area contributed by atoms with Gasteiger partial charge in [0.15, 0.2) is 12.0 Å². The van der Waals surface area contributed by atoms with Gasteiger partial charge in [-0.25, -0.2) is 19.0 Å². The van der Waals surface area contributed by atoms with Crippen molar-refractivity contribution >= 4 is 40.1 Å². The smallest absolute Gasteiger partial charge is 0.255 e. The Morgan fingerprint density at radius 3 is 2.45 bits per heavy atom. The van der Waals surface area contributed by atoms with Gasteiger partial charge < -0.3 is 33.8 Å². The first kappa shape index (κ1) is 42.4. The highest BCUT2D eigenvalue weighted by Gasteiger charge is 2.42. The number of amides is 3. The summed E-state index contributed by atoms with van der Waals surface area (Å²) in [6.07, 6.45) is 9.20. The van der Waals surface area contributed by atoms with Gasteiger partial charge in [0.1, 0.15) is 35.2 Å². The third-order valence-electron chi connectivity index (χ3n) is 14.8. The Kier molecular flexibility index (Phi) is 11.4. The molecule has 1 N–H and O–H groups in total. The van der Waals surface area contributed by atoms with E-state index < -0.39 is 11.9 Å². The second-order valence-corrected chi connectivity index (χ2v) is 19.4. The number of morpholine rings is 1. The first-order chi connectivity index (χ1) is 31.6. The van der Waals surface area contributed by atoms with E-state index in [4.69, 9.17) is 29.3 Å². The summed E-state index contributed by atoms with van der Waals surface area (Å²) in [6, 6.07) is 11.0. The zero-order chi connectivity index (χ0) is 44.2. The van der Waals surface area contributed by atoms with E-state index in [1.54, 1.807) is 18.5 Å². The molecule has 4 aromatic rings. The van der Waals surface area contributed by atoms with Gasteiger partial charge in [0, 0.05) is 101 Å². The molecule has 1 saturated carbocycles. The molecule has 1 aliphatic carbocycles. The summed E-state index contributed by atoms with van der Waals surface area (Å²) < 4.78 is 37.0. The van der Waals surface area contributed by atoms with E-state index in [0.29, 0.717) is 29.3 Å². The van der Waals surface area contributed by atoms with Crippen LogP contribution >= 0.6 is 0 Å². The molecule has 2 aromatic carbocycles. The molecule has 7 aliphatic rings. The van der Waals surface area contributed by atoms with Crippen LogP contribution in [-0.4, -0.2) is 149 Å². The number of ether oxygens (including phenoxy) is 3. The monoisotopic (exact) mass is 890 g/mol. The predicted molar refractivity (Wildman–Crippen MR) is 240 cm³/mol. The summed E-state index contributed by atoms with van der Waals surface area (Å²) >= 11 is 0. The minimum atomic E-state index is -0.762. The van der Waals surface area contributed by atoms with Crippen molar-refractivity contribution < 1.29 is 33.0 Å². The number of carbonyl (C=O) groups excluding carboxylic acids is 3. The fraction of sp³-hybridized carbons (Fsp3) is 0.583. The number of anilines is 2. The number of piperidine rings is 2. The third-order valence-corrected chi connectivity index (χ3v) is 14.8. The van der Waals surface area contributed by atoms with Gasteiger partial charge in [0.25, 0.3) is 5.91 Å². The molecule has 6 aliphatic heterocycles. The van der Waals surface area contributed by atoms with Crippen LogP contribution in [0.2, 0.25) is 0 Å². The van der Waals surface area contributed by atoms with Crippen molar-refractivity contribution in [1.82, 2.24) is 39.8 Å². The number of benzene rings is 2. The minimum absolute atomic E-state index is 0.0376. The van der Waals surface area contributed by atoms with Crippen LogP contribution < -0.4 is 19.9 Å². The van der Waals surface area contributed by atoms with Crippen LogP contribution in [0.3, 0.4) is 0 Å². The molecule has 8 heterocycles. The molecule has 65 heavy (non-hydrogen) atoms. The molecule has 3 amide bonds. The normalized spacial score (nSPS) is 25.6. The molecule has 16 nitrogen and oxygen atoms in total. The quantitative estimate of drug-likeness (QED) is 0.207. The SMILES string of the molecule is CC1(Oc2ccc3c(c2)c(-c2cc(N4CCO[C@H](CN5CCN(CC6CCN(c7ccc8c(c7F)CN(C7CCC(=O)NC7=O)C8=O)CC6)CC5)C4)ncn2)nn3C2CCCCO2)CC1. The van der Waals surface area contributed by atoms with E-state index >= 15 is 4.39 Å². The van der Waals surface area contributed by atoms with Crippen molar-refractivity contribution in [2.75, 3.05) is 88.5 Å². The van der Waals surface area contributed by atoms with Gasteiger partial charge in [-0.15, -0.1) is 0 Å². The van der Waals surface area contributed by atoms with E-state index in [2.05, 4.69) is 56.1 Å². The molecule has 2 aromatic heterocycles. The highest BCUT2D eigenvalue weighted by atomic mass is 19.1. The summed E-state index contributed by atoms with van der Waals surface area (Å²) in [5, 5.41) is 8.47. The molecule has 344 valence electrons. The lowest BCUT2D eigenvalue weighted by Gasteiger charge is -2.41. The van der Waals surface area contributed by atoms with Gasteiger partial charge in [0.05, 0.1) is 36.2 Å². The van der Waals surface area contributed by atoms with Crippen LogP contribution in [-0.2, 0) is 25.6 Å². The summed E-state index contributed by atoms with van der Waals surface area (Å²) in [7, 11) is 0. The van der Waals surface area contributed by atoms with Gasteiger partial charge in [-0.3, -0.25) is 24.6 Å². The molecule has 0 spiro atoms. The number of carbonyl (C=O) groups is 3. The molecule has 0 radical (unpaired) electrons. The number of nitrogens with one attached hydrogen (secondary N) is 1. The van der Waals surface area contributed by atoms with E-state index in [9.17, 15) is 14.4 Å². The molecule has 17 heteroatoms. The lowest BCUT2D eigenvalue weighted by Crippen LogP contribution is -2.53. The van der Waals surface area contributed by atoms with Crippen LogP contribution in [0.15, 0.2) is 42.7 Å². The topological polar surface area (TPSA) is 151 Å². The molecule has 11 rings (SSSR count). The highest BCUT2D eigenvalue weighted by Crippen LogP contribution is 2.42. The first-order valence-electron chi connectivity index (χ1n) is 23.8. The number of hydrogen-bond donors (Lipinski definition) is 1. The minimum Gasteiger partial charge on any atom is -0.488 e. The van der Waals surface area contributed by atoms with Crippen molar-refractivity contribution in [3.8, 4) is 17.1 Å². The van der Waals surface area contributed by atoms with Crippen molar-refractivity contribution in [1.29, 1.82) is 0 Å². The number of rotatable bonds is 11. The van der Waals surface area contributed by atoms with E-state index in [0.717, 1.165) is 151 Å². The third kappa shape index (κ3) is 8.67. The second kappa shape index (κ2) is 17.5. The number of halogens is 1. The number of hydrogen-bond acceptors (Lipinski definition) is 13. The first-order valence-corrected chi connectivity index (χ1v) is 23.8. The maximum atomic E-state index is 16.0. The van der Waals surface area contributed by atoms with Crippen LogP contribution in [0.5, 0.6) is 5.75 Å². The summed E-state index contributed by atoms with van der Waals surface area (Å²) in [5.74, 6) is 0.689. The van der Waals surface area contributed by atoms with Gasteiger partial charge in [0.2, 0.25) is 11.8 Å². The molecular weight excluding hydrogens is 832 g/mol. The van der Waals surface area contributed by atoms with Crippen LogP contribution in [0.1, 0.15) is 86.9 Å². The molecule has 2 unspecified atom stereocenters. The van der Waals surface area contributed by atoms with E-state index in [-0.39, 0.29) is 55.0 Å².